The van der Waals surface area contributed by atoms with Gasteiger partial charge in [-0.15, -0.1) is 4.91 Å². The first-order valence-corrected chi connectivity index (χ1v) is 17.7. The lowest BCUT2D eigenvalue weighted by Gasteiger charge is -2.64. The number of nitrogens with zero attached hydrogens (tertiary/aromatic N) is 2. The Labute approximate surface area is 272 Å². The van der Waals surface area contributed by atoms with E-state index in [1.807, 2.05) is 29.7 Å². The third-order valence-corrected chi connectivity index (χ3v) is 12.4. The number of hydrogen-bond donors (Lipinski definition) is 4. The van der Waals surface area contributed by atoms with Crippen molar-refractivity contribution < 1.29 is 22.5 Å². The molecular weight excluding hydrogens is 607 g/mol. The van der Waals surface area contributed by atoms with E-state index >= 15 is 0 Å². The molecule has 250 valence electrons. The molecule has 4 aliphatic rings. The summed E-state index contributed by atoms with van der Waals surface area (Å²) in [7, 11) is -4.76. The van der Waals surface area contributed by atoms with Crippen LogP contribution in [0, 0.1) is 34.0 Å². The van der Waals surface area contributed by atoms with Crippen LogP contribution in [0.5, 0.6) is 0 Å². The molecule has 14 heteroatoms. The number of fused-ring (bicyclic) bond motifs is 1. The van der Waals surface area contributed by atoms with Crippen LogP contribution in [-0.2, 0) is 24.1 Å². The fraction of sp³-hybridized carbons (Fsp3) is 0.625. The van der Waals surface area contributed by atoms with E-state index < -0.39 is 40.6 Å². The third kappa shape index (κ3) is 6.67. The molecule has 3 aliphatic carbocycles. The van der Waals surface area contributed by atoms with Crippen molar-refractivity contribution in [1.29, 1.82) is 0 Å². The first kappa shape index (κ1) is 34.3. The van der Waals surface area contributed by atoms with E-state index in [1.165, 1.54) is 6.07 Å². The van der Waals surface area contributed by atoms with Gasteiger partial charge in [0, 0.05) is 6.54 Å². The molecule has 3 saturated carbocycles. The second-order valence-electron chi connectivity index (χ2n) is 14.3. The summed E-state index contributed by atoms with van der Waals surface area (Å²) >= 11 is 0. The normalized spacial score (nSPS) is 27.4. The Kier molecular flexibility index (Phi) is 9.84. The molecule has 6 rings (SSSR count). The summed E-state index contributed by atoms with van der Waals surface area (Å²) in [4.78, 5) is 28.6. The number of benzene rings is 2. The highest BCUT2D eigenvalue weighted by atomic mass is 32.2. The average molecular weight is 655 g/mol. The van der Waals surface area contributed by atoms with Crippen LogP contribution in [0.4, 0.5) is 0 Å². The van der Waals surface area contributed by atoms with E-state index in [9.17, 15) is 18.1 Å². The number of carbonyl (C=O) groups excluding carboxylic acids is 1. The molecule has 46 heavy (non-hydrogen) atoms. The van der Waals surface area contributed by atoms with Crippen molar-refractivity contribution in [3.8, 4) is 0 Å². The number of nitrogens with two attached hydrogens (primary N) is 1. The molecule has 2 aromatic carbocycles. The zero-order chi connectivity index (χ0) is 33.4. The highest BCUT2D eigenvalue weighted by molar-refractivity contribution is 7.89. The number of nitroso groups, excluding NO2 is 1. The Bertz CT molecular complexity index is 1590. The van der Waals surface area contributed by atoms with Gasteiger partial charge in [0.25, 0.3) is 0 Å². The second-order valence-corrected chi connectivity index (χ2v) is 16.0. The average Bonchev–Trinajstić information content (AvgIpc) is 3.37. The van der Waals surface area contributed by atoms with Gasteiger partial charge >= 0.3 is 7.12 Å². The molecule has 12 nitrogen and oxygen atoms in total. The van der Waals surface area contributed by atoms with Crippen LogP contribution in [0.25, 0.3) is 10.8 Å². The predicted octanol–water partition coefficient (Wildman–Crippen LogP) is 3.90. The second kappa shape index (κ2) is 13.2. The van der Waals surface area contributed by atoms with E-state index in [4.69, 9.17) is 15.0 Å². The van der Waals surface area contributed by atoms with Crippen molar-refractivity contribution in [2.45, 2.75) is 95.8 Å². The van der Waals surface area contributed by atoms with Gasteiger partial charge in [-0.25, -0.2) is 13.8 Å². The van der Waals surface area contributed by atoms with Crippen LogP contribution < -0.4 is 21.2 Å². The van der Waals surface area contributed by atoms with Crippen molar-refractivity contribution in [2.75, 3.05) is 6.54 Å². The number of rotatable bonds is 13. The minimum Gasteiger partial charge on any atom is -0.404 e. The van der Waals surface area contributed by atoms with Gasteiger partial charge in [0.05, 0.1) is 27.8 Å². The summed E-state index contributed by atoms with van der Waals surface area (Å²) in [5.41, 5.74) is 7.33. The lowest BCUT2D eigenvalue weighted by Crippen LogP contribution is -2.65. The molecule has 1 amide bonds. The lowest BCUT2D eigenvalue weighted by atomic mass is 9.43. The molecule has 0 spiro atoms. The maximum absolute atomic E-state index is 14.1. The molecule has 4 fully saturated rings. The fourth-order valence-electron chi connectivity index (χ4n) is 7.59. The van der Waals surface area contributed by atoms with Crippen LogP contribution in [0.3, 0.4) is 0 Å². The van der Waals surface area contributed by atoms with Crippen LogP contribution in [-0.4, -0.2) is 57.6 Å². The molecule has 1 aliphatic heterocycles. The number of sulfonamides is 1. The Morgan fingerprint density at radius 1 is 1.11 bits per heavy atom. The zero-order valence-corrected chi connectivity index (χ0v) is 28.3. The van der Waals surface area contributed by atoms with Gasteiger partial charge in [0.2, 0.25) is 21.9 Å². The molecule has 0 aromatic heterocycles. The van der Waals surface area contributed by atoms with E-state index in [0.29, 0.717) is 18.3 Å². The van der Waals surface area contributed by atoms with Crippen LogP contribution in [0.15, 0.2) is 57.6 Å². The van der Waals surface area contributed by atoms with Crippen molar-refractivity contribution in [2.24, 2.45) is 45.1 Å². The highest BCUT2D eigenvalue weighted by Gasteiger charge is 2.68. The summed E-state index contributed by atoms with van der Waals surface area (Å²) in [6.07, 6.45) is 2.39. The largest absolute Gasteiger partial charge is 0.481 e. The number of aliphatic imine (C=N–C) groups is 1. The molecular formula is C32H47BN6O6S. The number of guanidine groups is 1. The van der Waals surface area contributed by atoms with E-state index in [-0.39, 0.29) is 47.2 Å². The molecule has 0 radical (unpaired) electrons. The third-order valence-electron chi connectivity index (χ3n) is 10.9. The Hall–Kier alpha value is -3.07. The minimum absolute atomic E-state index is 0.0372. The molecule has 2 bridgehead atoms. The van der Waals surface area contributed by atoms with Crippen LogP contribution in [0.1, 0.15) is 67.2 Å². The zero-order valence-electron chi connectivity index (χ0n) is 27.5. The minimum atomic E-state index is -4.09. The van der Waals surface area contributed by atoms with Gasteiger partial charge in [-0.2, -0.15) is 4.72 Å². The van der Waals surface area contributed by atoms with Crippen molar-refractivity contribution in [3.05, 3.63) is 47.4 Å². The van der Waals surface area contributed by atoms with E-state index in [0.717, 1.165) is 23.6 Å². The van der Waals surface area contributed by atoms with Crippen molar-refractivity contribution in [1.82, 2.24) is 15.5 Å². The Morgan fingerprint density at radius 3 is 2.50 bits per heavy atom. The van der Waals surface area contributed by atoms with Gasteiger partial charge in [-0.05, 0) is 84.6 Å². The van der Waals surface area contributed by atoms with Crippen LogP contribution in [0.2, 0.25) is 0 Å². The van der Waals surface area contributed by atoms with Gasteiger partial charge in [-0.1, -0.05) is 65.0 Å². The summed E-state index contributed by atoms with van der Waals surface area (Å²) < 4.78 is 43.3. The van der Waals surface area contributed by atoms with Crippen molar-refractivity contribution in [3.63, 3.8) is 0 Å². The topological polar surface area (TPSA) is 174 Å². The molecule has 1 heterocycles. The summed E-state index contributed by atoms with van der Waals surface area (Å²) in [6.45, 7) is 13.1. The molecule has 1 saturated heterocycles. The molecule has 7 atom stereocenters. The van der Waals surface area contributed by atoms with Gasteiger partial charge in [-0.3, -0.25) is 9.79 Å². The first-order chi connectivity index (χ1) is 21.7. The van der Waals surface area contributed by atoms with Gasteiger partial charge < -0.3 is 20.4 Å². The van der Waals surface area contributed by atoms with Gasteiger partial charge in [0.15, 0.2) is 0 Å². The maximum atomic E-state index is 14.1. The van der Waals surface area contributed by atoms with Crippen molar-refractivity contribution >= 4 is 39.8 Å². The molecule has 0 unspecified atom stereocenters. The van der Waals surface area contributed by atoms with E-state index in [2.05, 4.69) is 61.9 Å². The number of amides is 1. The van der Waals surface area contributed by atoms with E-state index in [1.54, 1.807) is 12.1 Å². The standard InChI is InChI=1S/C32H47BN6O6S/c1-19(2)20(3)28(33-44-27-18-23-17-26(31(23,4)5)32(27,6)45-33)36-29(40)25(12-9-15-35-30(34)37-39-41)38-46(42,43)24-14-13-21-10-7-8-11-22(21)16-24/h7-8,10-11,13-14,16,19-20,23,25-28,38H,9,12,15,17-18H2,1-6H3,(H,36,40)(H3,34,35,37,41)/t20-,23-,25-,26-,27+,28-,32-/m0/s1. The molecule has 5 N–H and O–H groups in total. The van der Waals surface area contributed by atoms with Gasteiger partial charge in [0.1, 0.15) is 6.04 Å². The SMILES string of the molecule is CC(C)[C@H](C)[C@H](NC(=O)[C@H](CCCN=C(N)NN=O)NS(=O)(=O)c1ccc2ccccc2c1)B1O[C@@H]2C[C@@H]3C[C@@H](C3(C)C)[C@]2(C)O1. The van der Waals surface area contributed by atoms with Crippen LogP contribution >= 0.6 is 0 Å². The maximum Gasteiger partial charge on any atom is 0.481 e. The predicted molar refractivity (Wildman–Crippen MR) is 179 cm³/mol. The summed E-state index contributed by atoms with van der Waals surface area (Å²) in [5, 5.41) is 7.31. The molecule has 2 aromatic rings. The summed E-state index contributed by atoms with van der Waals surface area (Å²) in [6, 6.07) is 11.2. The highest BCUT2D eigenvalue weighted by Crippen LogP contribution is 2.65. The number of carbonyl (C=O) groups is 1. The number of hydrogen-bond acceptors (Lipinski definition) is 8. The first-order valence-electron chi connectivity index (χ1n) is 16.2. The Morgan fingerprint density at radius 2 is 1.83 bits per heavy atom. The lowest BCUT2D eigenvalue weighted by molar-refractivity contribution is -0.199. The smallest absolute Gasteiger partial charge is 0.404 e. The monoisotopic (exact) mass is 654 g/mol. The quantitative estimate of drug-likeness (QED) is 0.0629. The fourth-order valence-corrected chi connectivity index (χ4v) is 8.85. The Balaban J connectivity index is 1.37. The number of nitrogens with one attached hydrogen (secondary N) is 3. The summed E-state index contributed by atoms with van der Waals surface area (Å²) in [5.74, 6) is -0.0748.